The Hall–Kier alpha value is -1.07. The lowest BCUT2D eigenvalue weighted by molar-refractivity contribution is -0.123. The predicted octanol–water partition coefficient (Wildman–Crippen LogP) is 2.25. The Morgan fingerprint density at radius 3 is 2.68 bits per heavy atom. The third-order valence-electron chi connectivity index (χ3n) is 3.11. The third-order valence-corrected chi connectivity index (χ3v) is 3.64. The van der Waals surface area contributed by atoms with Crippen LogP contribution in [0.2, 0.25) is 0 Å². The van der Waals surface area contributed by atoms with Gasteiger partial charge in [0.25, 0.3) is 0 Å². The minimum absolute atomic E-state index is 0.0382. The van der Waals surface area contributed by atoms with Crippen molar-refractivity contribution < 1.29 is 14.6 Å². The number of halogens is 1. The van der Waals surface area contributed by atoms with Crippen LogP contribution in [-0.4, -0.2) is 29.8 Å². The smallest absolute Gasteiger partial charge is 0.220 e. The first-order valence-corrected chi connectivity index (χ1v) is 7.28. The molecule has 1 aromatic rings. The van der Waals surface area contributed by atoms with Gasteiger partial charge >= 0.3 is 0 Å². The van der Waals surface area contributed by atoms with Crippen LogP contribution in [0.25, 0.3) is 0 Å². The summed E-state index contributed by atoms with van der Waals surface area (Å²) in [5, 5.41) is 12.0. The first kappa shape index (κ1) is 14.3. The predicted molar refractivity (Wildman–Crippen MR) is 76.0 cm³/mol. The number of carbonyl (C=O) groups excluding carboxylic acids is 1. The number of amides is 1. The Kier molecular flexibility index (Phi) is 5.22. The second kappa shape index (κ2) is 6.91. The van der Waals surface area contributed by atoms with Crippen molar-refractivity contribution in [3.63, 3.8) is 0 Å². The van der Waals surface area contributed by atoms with Crippen LogP contribution in [0.5, 0.6) is 5.75 Å². The van der Waals surface area contributed by atoms with Crippen LogP contribution in [0.1, 0.15) is 25.7 Å². The lowest BCUT2D eigenvalue weighted by atomic mass is 9.89. The van der Waals surface area contributed by atoms with E-state index in [1.54, 1.807) is 0 Å². The zero-order valence-corrected chi connectivity index (χ0v) is 12.2. The number of carbonyl (C=O) groups is 1. The van der Waals surface area contributed by atoms with Gasteiger partial charge in [-0.1, -0.05) is 15.9 Å². The first-order valence-electron chi connectivity index (χ1n) is 6.49. The molecular formula is C14H18BrNO3. The normalized spacial score (nSPS) is 21.6. The summed E-state index contributed by atoms with van der Waals surface area (Å²) in [5.74, 6) is 0.849. The second-order valence-electron chi connectivity index (χ2n) is 4.80. The highest BCUT2D eigenvalue weighted by molar-refractivity contribution is 9.10. The van der Waals surface area contributed by atoms with Crippen LogP contribution in [0.15, 0.2) is 28.7 Å². The van der Waals surface area contributed by atoms with Gasteiger partial charge in [0, 0.05) is 16.9 Å². The standard InChI is InChI=1S/C14H18BrNO3/c15-10-3-5-13(6-4-10)19-7-1-2-14(18)16-11-8-12(17)9-11/h3-6,11-12,17H,1-2,7-9H2,(H,16,18). The van der Waals surface area contributed by atoms with Gasteiger partial charge < -0.3 is 15.2 Å². The summed E-state index contributed by atoms with van der Waals surface area (Å²) >= 11 is 3.36. The molecule has 1 amide bonds. The maximum absolute atomic E-state index is 11.6. The van der Waals surface area contributed by atoms with Gasteiger partial charge in [-0.25, -0.2) is 0 Å². The highest BCUT2D eigenvalue weighted by atomic mass is 79.9. The fourth-order valence-electron chi connectivity index (χ4n) is 1.96. The average Bonchev–Trinajstić information content (AvgIpc) is 2.35. The summed E-state index contributed by atoms with van der Waals surface area (Å²) < 4.78 is 6.55. The molecule has 0 aromatic heterocycles. The van der Waals surface area contributed by atoms with Gasteiger partial charge in [-0.3, -0.25) is 4.79 Å². The van der Waals surface area contributed by atoms with E-state index in [0.29, 0.717) is 32.3 Å². The fourth-order valence-corrected chi connectivity index (χ4v) is 2.22. The van der Waals surface area contributed by atoms with E-state index in [-0.39, 0.29) is 18.1 Å². The molecule has 1 saturated carbocycles. The maximum atomic E-state index is 11.6. The number of aliphatic hydroxyl groups is 1. The largest absolute Gasteiger partial charge is 0.494 e. The summed E-state index contributed by atoms with van der Waals surface area (Å²) in [6, 6.07) is 7.78. The molecule has 2 rings (SSSR count). The Labute approximate surface area is 121 Å². The molecule has 1 aliphatic carbocycles. The number of benzene rings is 1. The van der Waals surface area contributed by atoms with E-state index in [0.717, 1.165) is 10.2 Å². The third kappa shape index (κ3) is 4.84. The van der Waals surface area contributed by atoms with E-state index < -0.39 is 0 Å². The van der Waals surface area contributed by atoms with Crippen molar-refractivity contribution in [3.8, 4) is 5.75 Å². The van der Waals surface area contributed by atoms with Crippen molar-refractivity contribution in [3.05, 3.63) is 28.7 Å². The quantitative estimate of drug-likeness (QED) is 0.788. The van der Waals surface area contributed by atoms with E-state index in [1.165, 1.54) is 0 Å². The molecule has 4 nitrogen and oxygen atoms in total. The van der Waals surface area contributed by atoms with E-state index in [2.05, 4.69) is 21.2 Å². The van der Waals surface area contributed by atoms with Crippen LogP contribution in [0, 0.1) is 0 Å². The lowest BCUT2D eigenvalue weighted by Crippen LogP contribution is -2.46. The van der Waals surface area contributed by atoms with Crippen molar-refractivity contribution in [2.45, 2.75) is 37.8 Å². The summed E-state index contributed by atoms with van der Waals surface area (Å²) in [7, 11) is 0. The van der Waals surface area contributed by atoms with Gasteiger partial charge in [-0.15, -0.1) is 0 Å². The zero-order valence-electron chi connectivity index (χ0n) is 10.6. The highest BCUT2D eigenvalue weighted by Gasteiger charge is 2.27. The molecule has 0 heterocycles. The van der Waals surface area contributed by atoms with Gasteiger partial charge in [0.1, 0.15) is 5.75 Å². The van der Waals surface area contributed by atoms with Crippen molar-refractivity contribution in [2.24, 2.45) is 0 Å². The molecule has 0 saturated heterocycles. The fraction of sp³-hybridized carbons (Fsp3) is 0.500. The molecule has 104 valence electrons. The Morgan fingerprint density at radius 2 is 2.05 bits per heavy atom. The SMILES string of the molecule is O=C(CCCOc1ccc(Br)cc1)NC1CC(O)C1. The number of hydrogen-bond donors (Lipinski definition) is 2. The molecule has 0 radical (unpaired) electrons. The Balaban J connectivity index is 1.56. The molecular weight excluding hydrogens is 310 g/mol. The van der Waals surface area contributed by atoms with Crippen LogP contribution < -0.4 is 10.1 Å². The molecule has 19 heavy (non-hydrogen) atoms. The average molecular weight is 328 g/mol. The maximum Gasteiger partial charge on any atom is 0.220 e. The van der Waals surface area contributed by atoms with Crippen LogP contribution >= 0.6 is 15.9 Å². The van der Waals surface area contributed by atoms with Crippen LogP contribution in [0.4, 0.5) is 0 Å². The number of hydrogen-bond acceptors (Lipinski definition) is 3. The van der Waals surface area contributed by atoms with Gasteiger partial charge in [-0.05, 0) is 43.5 Å². The van der Waals surface area contributed by atoms with E-state index in [1.807, 2.05) is 24.3 Å². The first-order chi connectivity index (χ1) is 9.13. The monoisotopic (exact) mass is 327 g/mol. The zero-order chi connectivity index (χ0) is 13.7. The molecule has 0 spiro atoms. The number of ether oxygens (including phenoxy) is 1. The van der Waals surface area contributed by atoms with Gasteiger partial charge in [-0.2, -0.15) is 0 Å². The molecule has 5 heteroatoms. The topological polar surface area (TPSA) is 58.6 Å². The van der Waals surface area contributed by atoms with Crippen molar-refractivity contribution in [2.75, 3.05) is 6.61 Å². The minimum atomic E-state index is -0.231. The molecule has 0 unspecified atom stereocenters. The summed E-state index contributed by atoms with van der Waals surface area (Å²) in [4.78, 5) is 11.6. The van der Waals surface area contributed by atoms with Crippen molar-refractivity contribution in [1.29, 1.82) is 0 Å². The van der Waals surface area contributed by atoms with Gasteiger partial charge in [0.2, 0.25) is 5.91 Å². The number of nitrogens with one attached hydrogen (secondary N) is 1. The molecule has 0 aliphatic heterocycles. The summed E-state index contributed by atoms with van der Waals surface area (Å²) in [5.41, 5.74) is 0. The molecule has 0 atom stereocenters. The van der Waals surface area contributed by atoms with Crippen LogP contribution in [0.3, 0.4) is 0 Å². The summed E-state index contributed by atoms with van der Waals surface area (Å²) in [6.45, 7) is 0.530. The van der Waals surface area contributed by atoms with E-state index in [9.17, 15) is 4.79 Å². The van der Waals surface area contributed by atoms with E-state index >= 15 is 0 Å². The van der Waals surface area contributed by atoms with E-state index in [4.69, 9.17) is 9.84 Å². The van der Waals surface area contributed by atoms with Crippen molar-refractivity contribution >= 4 is 21.8 Å². The van der Waals surface area contributed by atoms with Crippen molar-refractivity contribution in [1.82, 2.24) is 5.32 Å². The molecule has 1 aromatic carbocycles. The summed E-state index contributed by atoms with van der Waals surface area (Å²) in [6.07, 6.45) is 2.29. The minimum Gasteiger partial charge on any atom is -0.494 e. The molecule has 2 N–H and O–H groups in total. The lowest BCUT2D eigenvalue weighted by Gasteiger charge is -2.31. The molecule has 1 aliphatic rings. The molecule has 0 bridgehead atoms. The van der Waals surface area contributed by atoms with Gasteiger partial charge in [0.05, 0.1) is 12.7 Å². The number of aliphatic hydroxyl groups excluding tert-OH is 1. The van der Waals surface area contributed by atoms with Gasteiger partial charge in [0.15, 0.2) is 0 Å². The number of rotatable bonds is 6. The molecule has 1 fully saturated rings. The Morgan fingerprint density at radius 1 is 1.37 bits per heavy atom. The van der Waals surface area contributed by atoms with Crippen LogP contribution in [-0.2, 0) is 4.79 Å². The second-order valence-corrected chi connectivity index (χ2v) is 5.71. The highest BCUT2D eigenvalue weighted by Crippen LogP contribution is 2.19. The Bertz CT molecular complexity index is 415.